The van der Waals surface area contributed by atoms with Gasteiger partial charge in [-0.2, -0.15) is 0 Å². The summed E-state index contributed by atoms with van der Waals surface area (Å²) in [6.07, 6.45) is 0.452. The van der Waals surface area contributed by atoms with Crippen LogP contribution in [-0.4, -0.2) is 36.5 Å². The van der Waals surface area contributed by atoms with Gasteiger partial charge >= 0.3 is 0 Å². The van der Waals surface area contributed by atoms with Gasteiger partial charge in [0.2, 0.25) is 5.91 Å². The van der Waals surface area contributed by atoms with Crippen LogP contribution in [0.5, 0.6) is 0 Å². The van der Waals surface area contributed by atoms with E-state index in [2.05, 4.69) is 5.32 Å². The number of amides is 1. The van der Waals surface area contributed by atoms with Crippen LogP contribution in [0.25, 0.3) is 0 Å². The van der Waals surface area contributed by atoms with Crippen LogP contribution in [-0.2, 0) is 11.2 Å². The number of hydrogen-bond acceptors (Lipinski definition) is 2. The van der Waals surface area contributed by atoms with Gasteiger partial charge < -0.3 is 10.2 Å². The molecule has 1 fully saturated rings. The Labute approximate surface area is 111 Å². The van der Waals surface area contributed by atoms with Crippen molar-refractivity contribution in [3.8, 4) is 0 Å². The molecular weight excluding hydrogens is 250 g/mol. The maximum atomic E-state index is 13.4. The third-order valence-electron chi connectivity index (χ3n) is 3.36. The molecule has 1 N–H and O–H groups in total. The minimum atomic E-state index is -0.860. The SMILES string of the molecule is CC1CN(C(=O)CCc2cccc(F)c2F)CCN1. The van der Waals surface area contributed by atoms with Crippen LogP contribution in [0.3, 0.4) is 0 Å². The highest BCUT2D eigenvalue weighted by atomic mass is 19.2. The van der Waals surface area contributed by atoms with Crippen molar-refractivity contribution in [3.05, 3.63) is 35.4 Å². The van der Waals surface area contributed by atoms with E-state index in [1.807, 2.05) is 6.92 Å². The lowest BCUT2D eigenvalue weighted by Gasteiger charge is -2.32. The summed E-state index contributed by atoms with van der Waals surface area (Å²) in [6.45, 7) is 4.15. The number of aryl methyl sites for hydroxylation is 1. The minimum Gasteiger partial charge on any atom is -0.340 e. The Kier molecular flexibility index (Phi) is 4.47. The number of nitrogens with zero attached hydrogens (tertiary/aromatic N) is 1. The van der Waals surface area contributed by atoms with Gasteiger partial charge in [0.25, 0.3) is 0 Å². The van der Waals surface area contributed by atoms with Crippen molar-refractivity contribution < 1.29 is 13.6 Å². The standard InChI is InChI=1S/C14H18F2N2O/c1-10-9-18(8-7-17-10)13(19)6-5-11-3-2-4-12(15)14(11)16/h2-4,10,17H,5-9H2,1H3. The monoisotopic (exact) mass is 268 g/mol. The molecule has 1 heterocycles. The van der Waals surface area contributed by atoms with Crippen LogP contribution >= 0.6 is 0 Å². The quantitative estimate of drug-likeness (QED) is 0.905. The van der Waals surface area contributed by atoms with Crippen molar-refractivity contribution in [1.82, 2.24) is 10.2 Å². The van der Waals surface area contributed by atoms with Gasteiger partial charge in [0.05, 0.1) is 0 Å². The molecule has 0 spiro atoms. The van der Waals surface area contributed by atoms with Crippen molar-refractivity contribution in [3.63, 3.8) is 0 Å². The molecule has 104 valence electrons. The molecule has 5 heteroatoms. The number of piperazine rings is 1. The summed E-state index contributed by atoms with van der Waals surface area (Å²) in [7, 11) is 0. The van der Waals surface area contributed by atoms with Gasteiger partial charge in [-0.05, 0) is 25.0 Å². The van der Waals surface area contributed by atoms with Crippen LogP contribution in [0.4, 0.5) is 8.78 Å². The number of carbonyl (C=O) groups is 1. The lowest BCUT2D eigenvalue weighted by molar-refractivity contribution is -0.132. The molecule has 1 aromatic carbocycles. The average molecular weight is 268 g/mol. The summed E-state index contributed by atoms with van der Waals surface area (Å²) in [6, 6.07) is 4.35. The molecule has 0 aliphatic carbocycles. The number of hydrogen-bond donors (Lipinski definition) is 1. The zero-order valence-electron chi connectivity index (χ0n) is 11.0. The summed E-state index contributed by atoms with van der Waals surface area (Å²) in [5.41, 5.74) is 0.261. The smallest absolute Gasteiger partial charge is 0.223 e. The summed E-state index contributed by atoms with van der Waals surface area (Å²) in [5.74, 6) is -1.71. The first kappa shape index (κ1) is 13.9. The molecule has 1 aliphatic rings. The first-order valence-corrected chi connectivity index (χ1v) is 6.52. The van der Waals surface area contributed by atoms with Crippen molar-refractivity contribution in [2.75, 3.05) is 19.6 Å². The van der Waals surface area contributed by atoms with E-state index < -0.39 is 11.6 Å². The van der Waals surface area contributed by atoms with Crippen LogP contribution in [0.15, 0.2) is 18.2 Å². The molecule has 0 saturated carbocycles. The summed E-state index contributed by atoms with van der Waals surface area (Å²) in [5, 5.41) is 3.25. The molecule has 1 aromatic rings. The Bertz CT molecular complexity index is 465. The Hall–Kier alpha value is -1.49. The van der Waals surface area contributed by atoms with E-state index in [1.165, 1.54) is 12.1 Å². The second-order valence-electron chi connectivity index (χ2n) is 4.91. The lowest BCUT2D eigenvalue weighted by Crippen LogP contribution is -2.51. The predicted octanol–water partition coefficient (Wildman–Crippen LogP) is 1.72. The Morgan fingerprint density at radius 2 is 2.26 bits per heavy atom. The van der Waals surface area contributed by atoms with Gasteiger partial charge in [0, 0.05) is 32.1 Å². The molecule has 0 bridgehead atoms. The van der Waals surface area contributed by atoms with Crippen molar-refractivity contribution in [1.29, 1.82) is 0 Å². The minimum absolute atomic E-state index is 0.00277. The van der Waals surface area contributed by atoms with E-state index in [1.54, 1.807) is 4.90 Å². The third-order valence-corrected chi connectivity index (χ3v) is 3.36. The van der Waals surface area contributed by atoms with Gasteiger partial charge in [-0.1, -0.05) is 12.1 Å². The Balaban J connectivity index is 1.91. The first-order chi connectivity index (χ1) is 9.08. The molecule has 0 radical (unpaired) electrons. The zero-order chi connectivity index (χ0) is 13.8. The van der Waals surface area contributed by atoms with Gasteiger partial charge in [-0.25, -0.2) is 8.78 Å². The highest BCUT2D eigenvalue weighted by molar-refractivity contribution is 5.76. The fourth-order valence-electron chi connectivity index (χ4n) is 2.30. The molecule has 1 unspecified atom stereocenters. The highest BCUT2D eigenvalue weighted by Crippen LogP contribution is 2.14. The van der Waals surface area contributed by atoms with Gasteiger partial charge in [-0.15, -0.1) is 0 Å². The highest BCUT2D eigenvalue weighted by Gasteiger charge is 2.20. The Morgan fingerprint density at radius 3 is 3.00 bits per heavy atom. The lowest BCUT2D eigenvalue weighted by atomic mass is 10.1. The molecular formula is C14H18F2N2O. The van der Waals surface area contributed by atoms with E-state index in [9.17, 15) is 13.6 Å². The van der Waals surface area contributed by atoms with Crippen LogP contribution in [0.2, 0.25) is 0 Å². The summed E-state index contributed by atoms with van der Waals surface area (Å²) in [4.78, 5) is 13.8. The van der Waals surface area contributed by atoms with E-state index in [0.29, 0.717) is 13.1 Å². The van der Waals surface area contributed by atoms with Gasteiger partial charge in [0.1, 0.15) is 0 Å². The largest absolute Gasteiger partial charge is 0.340 e. The van der Waals surface area contributed by atoms with E-state index >= 15 is 0 Å². The van der Waals surface area contributed by atoms with Gasteiger partial charge in [0.15, 0.2) is 11.6 Å². The molecule has 19 heavy (non-hydrogen) atoms. The zero-order valence-corrected chi connectivity index (χ0v) is 11.0. The van der Waals surface area contributed by atoms with Crippen LogP contribution < -0.4 is 5.32 Å². The number of carbonyl (C=O) groups excluding carboxylic acids is 1. The van der Waals surface area contributed by atoms with Gasteiger partial charge in [-0.3, -0.25) is 4.79 Å². The fourth-order valence-corrected chi connectivity index (χ4v) is 2.30. The number of benzene rings is 1. The Morgan fingerprint density at radius 1 is 1.47 bits per heavy atom. The normalized spacial score (nSPS) is 19.5. The number of nitrogens with one attached hydrogen (secondary N) is 1. The molecule has 1 saturated heterocycles. The molecule has 0 aromatic heterocycles. The van der Waals surface area contributed by atoms with E-state index in [0.717, 1.165) is 12.6 Å². The van der Waals surface area contributed by atoms with E-state index in [-0.39, 0.29) is 30.4 Å². The second kappa shape index (κ2) is 6.10. The maximum absolute atomic E-state index is 13.4. The number of rotatable bonds is 3. The van der Waals surface area contributed by atoms with Crippen LogP contribution in [0.1, 0.15) is 18.9 Å². The predicted molar refractivity (Wildman–Crippen MR) is 68.7 cm³/mol. The topological polar surface area (TPSA) is 32.3 Å². The van der Waals surface area contributed by atoms with E-state index in [4.69, 9.17) is 0 Å². The van der Waals surface area contributed by atoms with Crippen LogP contribution in [0, 0.1) is 11.6 Å². The average Bonchev–Trinajstić information content (AvgIpc) is 2.40. The molecule has 3 nitrogen and oxygen atoms in total. The fraction of sp³-hybridized carbons (Fsp3) is 0.500. The first-order valence-electron chi connectivity index (χ1n) is 6.52. The summed E-state index contributed by atoms with van der Waals surface area (Å²) < 4.78 is 26.5. The molecule has 1 atom stereocenters. The van der Waals surface area contributed by atoms with Crippen molar-refractivity contribution in [2.45, 2.75) is 25.8 Å². The van der Waals surface area contributed by atoms with Crippen molar-refractivity contribution >= 4 is 5.91 Å². The summed E-state index contributed by atoms with van der Waals surface area (Å²) >= 11 is 0. The maximum Gasteiger partial charge on any atom is 0.223 e. The molecule has 2 rings (SSSR count). The molecule has 1 amide bonds. The third kappa shape index (κ3) is 3.50. The second-order valence-corrected chi connectivity index (χ2v) is 4.91. The molecule has 1 aliphatic heterocycles. The number of halogens is 2. The van der Waals surface area contributed by atoms with Crippen molar-refractivity contribution in [2.24, 2.45) is 0 Å².